The molecular weight excluding hydrogens is 330 g/mol. The Balaban J connectivity index is 2.02. The fraction of sp³-hybridized carbons (Fsp3) is 0.412. The topological polar surface area (TPSA) is 45.2 Å². The molecule has 0 aliphatic carbocycles. The lowest BCUT2D eigenvalue weighted by Gasteiger charge is -2.19. The third kappa shape index (κ3) is 5.30. The molecule has 0 atom stereocenters. The minimum atomic E-state index is 0.0448. The van der Waals surface area contributed by atoms with Crippen LogP contribution < -0.4 is 5.32 Å². The van der Waals surface area contributed by atoms with Crippen molar-refractivity contribution in [2.75, 3.05) is 13.1 Å². The molecule has 1 N–H and O–H groups in total. The van der Waals surface area contributed by atoms with Gasteiger partial charge in [-0.2, -0.15) is 0 Å². The zero-order valence-electron chi connectivity index (χ0n) is 13.7. The minimum Gasteiger partial charge on any atom is -0.353 e. The van der Waals surface area contributed by atoms with Crippen molar-refractivity contribution in [2.24, 2.45) is 0 Å². The van der Waals surface area contributed by atoms with E-state index in [0.29, 0.717) is 18.1 Å². The van der Waals surface area contributed by atoms with Crippen LogP contribution in [0, 0.1) is 0 Å². The number of rotatable bonds is 7. The molecule has 0 saturated carbocycles. The van der Waals surface area contributed by atoms with Crippen LogP contribution in [0.5, 0.6) is 0 Å². The molecule has 23 heavy (non-hydrogen) atoms. The Hall–Kier alpha value is -1.43. The molecule has 2 rings (SSSR count). The average molecular weight is 352 g/mol. The molecule has 1 heterocycles. The maximum absolute atomic E-state index is 11.9. The van der Waals surface area contributed by atoms with Crippen LogP contribution in [-0.4, -0.2) is 34.9 Å². The predicted octanol–water partition coefficient (Wildman–Crippen LogP) is 3.81. The van der Waals surface area contributed by atoms with Gasteiger partial charge in [0.25, 0.3) is 0 Å². The van der Waals surface area contributed by atoms with Crippen LogP contribution in [0.15, 0.2) is 29.6 Å². The molecule has 1 aromatic carbocycles. The Bertz CT molecular complexity index is 657. The Kier molecular flexibility index (Phi) is 6.57. The van der Waals surface area contributed by atoms with Gasteiger partial charge < -0.3 is 5.32 Å². The molecule has 1 aromatic heterocycles. The quantitative estimate of drug-likeness (QED) is 0.825. The summed E-state index contributed by atoms with van der Waals surface area (Å²) in [5.41, 5.74) is 1.91. The first-order valence-electron chi connectivity index (χ1n) is 7.70. The summed E-state index contributed by atoms with van der Waals surface area (Å²) in [6.45, 7) is 7.81. The van der Waals surface area contributed by atoms with Crippen molar-refractivity contribution in [2.45, 2.75) is 33.4 Å². The maximum Gasteiger partial charge on any atom is 0.234 e. The zero-order chi connectivity index (χ0) is 16.8. The summed E-state index contributed by atoms with van der Waals surface area (Å²) in [6.07, 6.45) is 0. The number of carbonyl (C=O) groups excluding carboxylic acids is 1. The van der Waals surface area contributed by atoms with Gasteiger partial charge in [-0.15, -0.1) is 11.3 Å². The number of nitrogens with one attached hydrogen (secondary N) is 1. The molecule has 0 aliphatic rings. The van der Waals surface area contributed by atoms with E-state index in [4.69, 9.17) is 11.6 Å². The molecule has 2 aromatic rings. The third-order valence-corrected chi connectivity index (χ3v) is 4.56. The van der Waals surface area contributed by atoms with E-state index in [-0.39, 0.29) is 11.9 Å². The molecule has 0 unspecified atom stereocenters. The molecule has 6 heteroatoms. The fourth-order valence-electron chi connectivity index (χ4n) is 2.22. The van der Waals surface area contributed by atoms with E-state index in [1.807, 2.05) is 50.4 Å². The number of halogens is 1. The summed E-state index contributed by atoms with van der Waals surface area (Å²) < 4.78 is 0. The van der Waals surface area contributed by atoms with E-state index in [9.17, 15) is 4.79 Å². The summed E-state index contributed by atoms with van der Waals surface area (Å²) in [4.78, 5) is 18.6. The monoisotopic (exact) mass is 351 g/mol. The summed E-state index contributed by atoms with van der Waals surface area (Å²) in [7, 11) is 0. The fourth-order valence-corrected chi connectivity index (χ4v) is 3.35. The summed E-state index contributed by atoms with van der Waals surface area (Å²) in [5, 5.41) is 6.56. The number of hydrogen-bond donors (Lipinski definition) is 1. The Morgan fingerprint density at radius 3 is 2.78 bits per heavy atom. The molecule has 0 saturated heterocycles. The number of benzene rings is 1. The predicted molar refractivity (Wildman–Crippen MR) is 96.8 cm³/mol. The van der Waals surface area contributed by atoms with Crippen molar-refractivity contribution in [1.29, 1.82) is 0 Å². The van der Waals surface area contributed by atoms with Crippen LogP contribution in [0.25, 0.3) is 10.6 Å². The highest BCUT2D eigenvalue weighted by Gasteiger charge is 2.13. The van der Waals surface area contributed by atoms with E-state index in [1.165, 1.54) is 0 Å². The van der Waals surface area contributed by atoms with E-state index >= 15 is 0 Å². The van der Waals surface area contributed by atoms with Crippen LogP contribution in [0.2, 0.25) is 5.02 Å². The normalized spacial score (nSPS) is 11.2. The largest absolute Gasteiger partial charge is 0.353 e. The SMILES string of the molecule is CCN(CC(=O)NC(C)C)Cc1csc(-c2ccccc2Cl)n1. The Morgan fingerprint density at radius 2 is 2.13 bits per heavy atom. The smallest absolute Gasteiger partial charge is 0.234 e. The van der Waals surface area contributed by atoms with Gasteiger partial charge in [0.1, 0.15) is 5.01 Å². The van der Waals surface area contributed by atoms with Gasteiger partial charge in [0.15, 0.2) is 0 Å². The lowest BCUT2D eigenvalue weighted by molar-refractivity contribution is -0.122. The van der Waals surface area contributed by atoms with Gasteiger partial charge >= 0.3 is 0 Å². The lowest BCUT2D eigenvalue weighted by atomic mass is 10.2. The first kappa shape index (κ1) is 17.9. The average Bonchev–Trinajstić information content (AvgIpc) is 2.94. The Labute approximate surface area is 146 Å². The van der Waals surface area contributed by atoms with Crippen LogP contribution in [0.4, 0.5) is 0 Å². The van der Waals surface area contributed by atoms with Gasteiger partial charge in [0.05, 0.1) is 17.3 Å². The molecule has 0 spiro atoms. The van der Waals surface area contributed by atoms with Crippen LogP contribution in [0.3, 0.4) is 0 Å². The molecule has 0 radical (unpaired) electrons. The number of carbonyl (C=O) groups is 1. The molecule has 0 bridgehead atoms. The summed E-state index contributed by atoms with van der Waals surface area (Å²) >= 11 is 7.80. The second kappa shape index (κ2) is 8.43. The van der Waals surface area contributed by atoms with Crippen molar-refractivity contribution in [1.82, 2.24) is 15.2 Å². The number of likely N-dealkylation sites (N-methyl/N-ethyl adjacent to an activating group) is 1. The van der Waals surface area contributed by atoms with Crippen LogP contribution in [0.1, 0.15) is 26.5 Å². The van der Waals surface area contributed by atoms with Crippen molar-refractivity contribution in [3.05, 3.63) is 40.4 Å². The lowest BCUT2D eigenvalue weighted by Crippen LogP contribution is -2.39. The second-order valence-electron chi connectivity index (χ2n) is 5.65. The second-order valence-corrected chi connectivity index (χ2v) is 6.91. The minimum absolute atomic E-state index is 0.0448. The number of nitrogens with zero attached hydrogens (tertiary/aromatic N) is 2. The maximum atomic E-state index is 11.9. The first-order chi connectivity index (χ1) is 11.0. The van der Waals surface area contributed by atoms with E-state index in [2.05, 4.69) is 15.2 Å². The van der Waals surface area contributed by atoms with Crippen molar-refractivity contribution >= 4 is 28.8 Å². The molecule has 1 amide bonds. The highest BCUT2D eigenvalue weighted by molar-refractivity contribution is 7.13. The van der Waals surface area contributed by atoms with Gasteiger partial charge in [-0.05, 0) is 26.5 Å². The Morgan fingerprint density at radius 1 is 1.39 bits per heavy atom. The van der Waals surface area contributed by atoms with Gasteiger partial charge in [0.2, 0.25) is 5.91 Å². The van der Waals surface area contributed by atoms with Crippen molar-refractivity contribution in [3.63, 3.8) is 0 Å². The van der Waals surface area contributed by atoms with Crippen molar-refractivity contribution in [3.8, 4) is 10.6 Å². The van der Waals surface area contributed by atoms with Crippen molar-refractivity contribution < 1.29 is 4.79 Å². The van der Waals surface area contributed by atoms with Gasteiger partial charge in [-0.25, -0.2) is 4.98 Å². The van der Waals surface area contributed by atoms with Gasteiger partial charge in [0, 0.05) is 23.5 Å². The third-order valence-electron chi connectivity index (χ3n) is 3.31. The van der Waals surface area contributed by atoms with Crippen LogP contribution >= 0.6 is 22.9 Å². The molecule has 0 fully saturated rings. The highest BCUT2D eigenvalue weighted by Crippen LogP contribution is 2.30. The van der Waals surface area contributed by atoms with E-state index in [1.54, 1.807) is 11.3 Å². The van der Waals surface area contributed by atoms with E-state index in [0.717, 1.165) is 22.8 Å². The molecular formula is C17H22ClN3OS. The molecule has 0 aliphatic heterocycles. The van der Waals surface area contributed by atoms with Crippen LogP contribution in [-0.2, 0) is 11.3 Å². The molecule has 4 nitrogen and oxygen atoms in total. The molecule has 124 valence electrons. The summed E-state index contributed by atoms with van der Waals surface area (Å²) in [6, 6.07) is 7.86. The highest BCUT2D eigenvalue weighted by atomic mass is 35.5. The number of thiazole rings is 1. The number of aromatic nitrogens is 1. The number of amides is 1. The standard InChI is InChI=1S/C17H22ClN3OS/c1-4-21(10-16(22)19-12(2)3)9-13-11-23-17(20-13)14-7-5-6-8-15(14)18/h5-8,11-12H,4,9-10H2,1-3H3,(H,19,22). The van der Waals surface area contributed by atoms with Gasteiger partial charge in [-0.1, -0.05) is 36.7 Å². The zero-order valence-corrected chi connectivity index (χ0v) is 15.2. The summed E-state index contributed by atoms with van der Waals surface area (Å²) in [5.74, 6) is 0.0448. The number of hydrogen-bond acceptors (Lipinski definition) is 4. The first-order valence-corrected chi connectivity index (χ1v) is 8.96. The van der Waals surface area contributed by atoms with Gasteiger partial charge in [-0.3, -0.25) is 9.69 Å². The van der Waals surface area contributed by atoms with E-state index < -0.39 is 0 Å².